The van der Waals surface area contributed by atoms with E-state index in [1.54, 1.807) is 0 Å². The third-order valence-electron chi connectivity index (χ3n) is 3.22. The molecule has 0 heterocycles. The number of benzene rings is 1. The minimum atomic E-state index is 0.384. The Hall–Kier alpha value is -0.680. The standard InChI is InChI=1S/C16H26ClN3S/c1-12(2)10-20(8-7-19(3)4)11-14-6-5-13(16(18)21)9-15(14)17/h5-6,9,12H,7-8,10-11H2,1-4H3,(H2,18,21). The smallest absolute Gasteiger partial charge is 0.104 e. The fourth-order valence-corrected chi connectivity index (χ4v) is 2.53. The highest BCUT2D eigenvalue weighted by atomic mass is 35.5. The maximum Gasteiger partial charge on any atom is 0.104 e. The summed E-state index contributed by atoms with van der Waals surface area (Å²) < 4.78 is 0. The van der Waals surface area contributed by atoms with Crippen molar-refractivity contribution in [3.05, 3.63) is 34.3 Å². The molecule has 0 aliphatic rings. The van der Waals surface area contributed by atoms with Crippen LogP contribution >= 0.6 is 23.8 Å². The molecule has 1 aromatic carbocycles. The van der Waals surface area contributed by atoms with Gasteiger partial charge in [-0.15, -0.1) is 0 Å². The second-order valence-electron chi connectivity index (χ2n) is 6.10. The molecule has 0 amide bonds. The van der Waals surface area contributed by atoms with Gasteiger partial charge in [0.25, 0.3) is 0 Å². The van der Waals surface area contributed by atoms with Crippen molar-refractivity contribution in [1.29, 1.82) is 0 Å². The van der Waals surface area contributed by atoms with E-state index in [1.807, 2.05) is 18.2 Å². The van der Waals surface area contributed by atoms with Crippen molar-refractivity contribution >= 4 is 28.8 Å². The third kappa shape index (κ3) is 6.74. The molecule has 5 heteroatoms. The second kappa shape index (κ2) is 8.69. The second-order valence-corrected chi connectivity index (χ2v) is 6.95. The lowest BCUT2D eigenvalue weighted by atomic mass is 10.1. The van der Waals surface area contributed by atoms with Gasteiger partial charge in [-0.1, -0.05) is 49.8 Å². The Labute approximate surface area is 139 Å². The van der Waals surface area contributed by atoms with Gasteiger partial charge in [-0.25, -0.2) is 0 Å². The molecule has 3 nitrogen and oxygen atoms in total. The van der Waals surface area contributed by atoms with Crippen LogP contribution in [0.4, 0.5) is 0 Å². The number of nitrogens with zero attached hydrogens (tertiary/aromatic N) is 2. The number of thiocarbonyl (C=S) groups is 1. The van der Waals surface area contributed by atoms with Gasteiger partial charge in [-0.2, -0.15) is 0 Å². The average Bonchev–Trinajstić information content (AvgIpc) is 2.37. The molecule has 0 saturated carbocycles. The summed E-state index contributed by atoms with van der Waals surface area (Å²) in [5.74, 6) is 0.627. The van der Waals surface area contributed by atoms with Crippen LogP contribution in [-0.2, 0) is 6.54 Å². The molecule has 0 atom stereocenters. The first kappa shape index (κ1) is 18.4. The summed E-state index contributed by atoms with van der Waals surface area (Å²) in [6.07, 6.45) is 0. The number of hydrogen-bond donors (Lipinski definition) is 1. The van der Waals surface area contributed by atoms with E-state index in [2.05, 4.69) is 37.7 Å². The largest absolute Gasteiger partial charge is 0.389 e. The van der Waals surface area contributed by atoms with Crippen molar-refractivity contribution in [3.63, 3.8) is 0 Å². The normalized spacial score (nSPS) is 11.6. The topological polar surface area (TPSA) is 32.5 Å². The van der Waals surface area contributed by atoms with Gasteiger partial charge in [0.2, 0.25) is 0 Å². The van der Waals surface area contributed by atoms with Crippen LogP contribution in [0, 0.1) is 5.92 Å². The highest BCUT2D eigenvalue weighted by Gasteiger charge is 2.11. The Morgan fingerprint density at radius 3 is 2.43 bits per heavy atom. The van der Waals surface area contributed by atoms with Crippen molar-refractivity contribution in [2.24, 2.45) is 11.7 Å². The predicted octanol–water partition coefficient (Wildman–Crippen LogP) is 2.99. The van der Waals surface area contributed by atoms with Crippen LogP contribution in [0.15, 0.2) is 18.2 Å². The summed E-state index contributed by atoms with van der Waals surface area (Å²) in [7, 11) is 4.19. The molecule has 0 aliphatic carbocycles. The zero-order chi connectivity index (χ0) is 16.0. The minimum Gasteiger partial charge on any atom is -0.389 e. The molecule has 0 radical (unpaired) electrons. The quantitative estimate of drug-likeness (QED) is 0.744. The fraction of sp³-hybridized carbons (Fsp3) is 0.562. The Morgan fingerprint density at radius 1 is 1.29 bits per heavy atom. The molecule has 2 N–H and O–H groups in total. The molecule has 0 unspecified atom stereocenters. The third-order valence-corrected chi connectivity index (χ3v) is 3.81. The zero-order valence-electron chi connectivity index (χ0n) is 13.4. The van der Waals surface area contributed by atoms with E-state index in [0.717, 1.165) is 42.3 Å². The van der Waals surface area contributed by atoms with Crippen molar-refractivity contribution < 1.29 is 0 Å². The molecule has 0 bridgehead atoms. The minimum absolute atomic E-state index is 0.384. The first-order chi connectivity index (χ1) is 9.79. The summed E-state index contributed by atoms with van der Waals surface area (Å²) >= 11 is 11.3. The lowest BCUT2D eigenvalue weighted by Crippen LogP contribution is -2.34. The molecule has 0 fully saturated rings. The number of halogens is 1. The fourth-order valence-electron chi connectivity index (χ4n) is 2.16. The number of hydrogen-bond acceptors (Lipinski definition) is 3. The monoisotopic (exact) mass is 327 g/mol. The zero-order valence-corrected chi connectivity index (χ0v) is 15.0. The summed E-state index contributed by atoms with van der Waals surface area (Å²) in [4.78, 5) is 5.02. The highest BCUT2D eigenvalue weighted by Crippen LogP contribution is 2.20. The van der Waals surface area contributed by atoms with E-state index in [9.17, 15) is 0 Å². The Morgan fingerprint density at radius 2 is 1.95 bits per heavy atom. The van der Waals surface area contributed by atoms with E-state index in [0.29, 0.717) is 10.9 Å². The molecule has 0 aromatic heterocycles. The molecular weight excluding hydrogens is 302 g/mol. The predicted molar refractivity (Wildman–Crippen MR) is 96.0 cm³/mol. The summed E-state index contributed by atoms with van der Waals surface area (Å²) in [6.45, 7) is 8.44. The van der Waals surface area contributed by atoms with E-state index >= 15 is 0 Å². The molecule has 0 spiro atoms. The van der Waals surface area contributed by atoms with Gasteiger partial charge in [-0.05, 0) is 31.6 Å². The van der Waals surface area contributed by atoms with Crippen molar-refractivity contribution in [2.75, 3.05) is 33.7 Å². The van der Waals surface area contributed by atoms with Crippen LogP contribution in [0.2, 0.25) is 5.02 Å². The summed E-state index contributed by atoms with van der Waals surface area (Å²) in [6, 6.07) is 5.83. The highest BCUT2D eigenvalue weighted by molar-refractivity contribution is 7.80. The molecule has 0 aliphatic heterocycles. The van der Waals surface area contributed by atoms with E-state index in [4.69, 9.17) is 29.6 Å². The lowest BCUT2D eigenvalue weighted by molar-refractivity contribution is 0.212. The summed E-state index contributed by atoms with van der Waals surface area (Å²) in [5, 5.41) is 0.735. The molecular formula is C16H26ClN3S. The first-order valence-corrected chi connectivity index (χ1v) is 8.03. The van der Waals surface area contributed by atoms with Crippen LogP contribution < -0.4 is 5.73 Å². The molecule has 1 aromatic rings. The van der Waals surface area contributed by atoms with Crippen LogP contribution in [0.25, 0.3) is 0 Å². The maximum absolute atomic E-state index is 6.36. The van der Waals surface area contributed by atoms with Crippen molar-refractivity contribution in [1.82, 2.24) is 9.80 Å². The first-order valence-electron chi connectivity index (χ1n) is 7.25. The lowest BCUT2D eigenvalue weighted by Gasteiger charge is -2.26. The Kier molecular flexibility index (Phi) is 7.60. The molecule has 21 heavy (non-hydrogen) atoms. The van der Waals surface area contributed by atoms with Gasteiger partial charge in [0, 0.05) is 36.8 Å². The summed E-state index contributed by atoms with van der Waals surface area (Å²) in [5.41, 5.74) is 7.58. The van der Waals surface area contributed by atoms with E-state index < -0.39 is 0 Å². The van der Waals surface area contributed by atoms with E-state index in [-0.39, 0.29) is 0 Å². The SMILES string of the molecule is CC(C)CN(CCN(C)C)Cc1ccc(C(N)=S)cc1Cl. The van der Waals surface area contributed by atoms with Gasteiger partial charge in [0.1, 0.15) is 4.99 Å². The van der Waals surface area contributed by atoms with Gasteiger partial charge < -0.3 is 10.6 Å². The Bertz CT molecular complexity index is 475. The van der Waals surface area contributed by atoms with E-state index in [1.165, 1.54) is 0 Å². The van der Waals surface area contributed by atoms with Crippen molar-refractivity contribution in [2.45, 2.75) is 20.4 Å². The number of rotatable bonds is 8. The maximum atomic E-state index is 6.36. The van der Waals surface area contributed by atoms with Crippen molar-refractivity contribution in [3.8, 4) is 0 Å². The van der Waals surface area contributed by atoms with Gasteiger partial charge in [0.15, 0.2) is 0 Å². The van der Waals surface area contributed by atoms with Gasteiger partial charge >= 0.3 is 0 Å². The van der Waals surface area contributed by atoms with Gasteiger partial charge in [0.05, 0.1) is 0 Å². The van der Waals surface area contributed by atoms with Crippen LogP contribution in [0.3, 0.4) is 0 Å². The average molecular weight is 328 g/mol. The van der Waals surface area contributed by atoms with Crippen LogP contribution in [0.5, 0.6) is 0 Å². The molecule has 1 rings (SSSR count). The van der Waals surface area contributed by atoms with Crippen LogP contribution in [-0.4, -0.2) is 48.5 Å². The Balaban J connectivity index is 2.79. The molecule has 0 saturated heterocycles. The molecule has 118 valence electrons. The number of likely N-dealkylation sites (N-methyl/N-ethyl adjacent to an activating group) is 1. The number of nitrogens with two attached hydrogens (primary N) is 1. The van der Waals surface area contributed by atoms with Crippen LogP contribution in [0.1, 0.15) is 25.0 Å². The van der Waals surface area contributed by atoms with Gasteiger partial charge in [-0.3, -0.25) is 4.90 Å².